The fourth-order valence-corrected chi connectivity index (χ4v) is 5.37. The monoisotopic (exact) mass is 475 g/mol. The zero-order valence-corrected chi connectivity index (χ0v) is 20.0. The van der Waals surface area contributed by atoms with Crippen LogP contribution in [-0.4, -0.2) is 51.6 Å². The first kappa shape index (κ1) is 23.5. The number of carbonyl (C=O) groups excluding carboxylic acids is 2. The molecule has 3 heterocycles. The van der Waals surface area contributed by atoms with Gasteiger partial charge in [-0.15, -0.1) is 0 Å². The lowest BCUT2D eigenvalue weighted by molar-refractivity contribution is -0.128. The fraction of sp³-hybridized carbons (Fsp3) is 0.444. The molecule has 1 aliphatic heterocycles. The minimum atomic E-state index is -0.883. The number of aromatic amines is 1. The van der Waals surface area contributed by atoms with Crippen molar-refractivity contribution in [2.24, 2.45) is 0 Å². The highest BCUT2D eigenvalue weighted by atomic mass is 16.3. The van der Waals surface area contributed by atoms with Crippen molar-refractivity contribution in [1.29, 1.82) is 0 Å². The van der Waals surface area contributed by atoms with Gasteiger partial charge in [-0.25, -0.2) is 0 Å². The van der Waals surface area contributed by atoms with E-state index in [-0.39, 0.29) is 17.9 Å². The van der Waals surface area contributed by atoms with E-state index in [9.17, 15) is 14.7 Å². The van der Waals surface area contributed by atoms with E-state index in [0.717, 1.165) is 42.3 Å². The zero-order valence-electron chi connectivity index (χ0n) is 20.0. The first-order chi connectivity index (χ1) is 17.0. The summed E-state index contributed by atoms with van der Waals surface area (Å²) in [7, 11) is 0. The van der Waals surface area contributed by atoms with E-state index in [0.29, 0.717) is 24.2 Å². The summed E-state index contributed by atoms with van der Waals surface area (Å²) in [5.74, 6) is -0.448. The molecule has 8 nitrogen and oxygen atoms in total. The van der Waals surface area contributed by atoms with Crippen molar-refractivity contribution in [2.45, 2.75) is 69.7 Å². The maximum absolute atomic E-state index is 14.0. The van der Waals surface area contributed by atoms with Crippen LogP contribution in [0.1, 0.15) is 55.8 Å². The highest BCUT2D eigenvalue weighted by Gasteiger charge is 2.39. The van der Waals surface area contributed by atoms with Crippen LogP contribution in [0.5, 0.6) is 0 Å². The Hall–Kier alpha value is -3.23. The Morgan fingerprint density at radius 1 is 1.17 bits per heavy atom. The number of aryl methyl sites for hydroxylation is 1. The van der Waals surface area contributed by atoms with Gasteiger partial charge in [-0.3, -0.25) is 19.5 Å². The van der Waals surface area contributed by atoms with Gasteiger partial charge in [0.1, 0.15) is 6.04 Å². The molecule has 5 rings (SSSR count). The molecule has 8 heteroatoms. The standard InChI is InChI=1S/C27H33N5O3/c1-17-12-18-9-10-21(13-23(18)30-17)32(27(35)24-14-22(33)16-29-24)25(19-6-5-11-28-15-19)26(34)31-20-7-3-2-4-8-20/h5-6,9-13,15,20,22,24-25,29-30,33H,2-4,7-8,14,16H2,1H3,(H,31,34). The van der Waals surface area contributed by atoms with Crippen LogP contribution in [0.4, 0.5) is 5.69 Å². The lowest BCUT2D eigenvalue weighted by Crippen LogP contribution is -2.51. The van der Waals surface area contributed by atoms with E-state index in [2.05, 4.69) is 26.7 Å². The van der Waals surface area contributed by atoms with Crippen LogP contribution in [0.15, 0.2) is 48.8 Å². The van der Waals surface area contributed by atoms with Crippen LogP contribution in [0.3, 0.4) is 0 Å². The number of rotatable bonds is 6. The average molecular weight is 476 g/mol. The molecular weight excluding hydrogens is 442 g/mol. The summed E-state index contributed by atoms with van der Waals surface area (Å²) in [4.78, 5) is 37.0. The van der Waals surface area contributed by atoms with E-state index in [1.807, 2.05) is 31.2 Å². The number of pyridine rings is 1. The number of aliphatic hydroxyl groups is 1. The Bertz CT molecular complexity index is 1190. The molecule has 1 aromatic carbocycles. The third kappa shape index (κ3) is 5.09. The van der Waals surface area contributed by atoms with Crippen LogP contribution in [0, 0.1) is 6.92 Å². The van der Waals surface area contributed by atoms with Crippen LogP contribution in [0.25, 0.3) is 10.9 Å². The number of β-amino-alcohol motifs (C(OH)–C–C–N with tert-alkyl or cyclic N) is 1. The summed E-state index contributed by atoms with van der Waals surface area (Å²) < 4.78 is 0. The number of carbonyl (C=O) groups is 2. The summed E-state index contributed by atoms with van der Waals surface area (Å²) in [5, 5.41) is 17.5. The first-order valence-corrected chi connectivity index (χ1v) is 12.5. The number of aliphatic hydroxyl groups excluding tert-OH is 1. The lowest BCUT2D eigenvalue weighted by Gasteiger charge is -2.34. The molecule has 35 heavy (non-hydrogen) atoms. The molecule has 0 radical (unpaired) electrons. The van der Waals surface area contributed by atoms with Crippen molar-refractivity contribution in [2.75, 3.05) is 11.4 Å². The molecule has 3 atom stereocenters. The van der Waals surface area contributed by atoms with Gasteiger partial charge >= 0.3 is 0 Å². The summed E-state index contributed by atoms with van der Waals surface area (Å²) in [6.45, 7) is 2.34. The number of amides is 2. The predicted octanol–water partition coefficient (Wildman–Crippen LogP) is 3.12. The van der Waals surface area contributed by atoms with Crippen molar-refractivity contribution >= 4 is 28.4 Å². The summed E-state index contributed by atoms with van der Waals surface area (Å²) >= 11 is 0. The topological polar surface area (TPSA) is 110 Å². The molecular formula is C27H33N5O3. The van der Waals surface area contributed by atoms with E-state index < -0.39 is 18.2 Å². The van der Waals surface area contributed by atoms with Crippen molar-refractivity contribution < 1.29 is 14.7 Å². The molecule has 2 amide bonds. The molecule has 1 saturated heterocycles. The molecule has 0 bridgehead atoms. The van der Waals surface area contributed by atoms with Crippen LogP contribution in [0.2, 0.25) is 0 Å². The Morgan fingerprint density at radius 2 is 2.00 bits per heavy atom. The Balaban J connectivity index is 1.57. The van der Waals surface area contributed by atoms with Gasteiger partial charge in [0.05, 0.1) is 12.1 Å². The van der Waals surface area contributed by atoms with Gasteiger partial charge < -0.3 is 20.7 Å². The summed E-state index contributed by atoms with van der Waals surface area (Å²) in [6.07, 6.45) is 8.31. The van der Waals surface area contributed by atoms with E-state index in [1.165, 1.54) is 6.42 Å². The van der Waals surface area contributed by atoms with Crippen molar-refractivity contribution in [3.63, 3.8) is 0 Å². The van der Waals surface area contributed by atoms with E-state index in [4.69, 9.17) is 0 Å². The maximum Gasteiger partial charge on any atom is 0.248 e. The number of anilines is 1. The van der Waals surface area contributed by atoms with Crippen LogP contribution < -0.4 is 15.5 Å². The normalized spacial score (nSPS) is 21.7. The predicted molar refractivity (Wildman–Crippen MR) is 135 cm³/mol. The Labute approximate surface area is 205 Å². The van der Waals surface area contributed by atoms with Crippen molar-refractivity contribution in [1.82, 2.24) is 20.6 Å². The molecule has 4 N–H and O–H groups in total. The van der Waals surface area contributed by atoms with Crippen molar-refractivity contribution in [3.05, 3.63) is 60.0 Å². The largest absolute Gasteiger partial charge is 0.392 e. The van der Waals surface area contributed by atoms with E-state index >= 15 is 0 Å². The van der Waals surface area contributed by atoms with Crippen LogP contribution in [-0.2, 0) is 9.59 Å². The van der Waals surface area contributed by atoms with Gasteiger partial charge in [-0.05, 0) is 55.8 Å². The molecule has 184 valence electrons. The number of nitrogens with zero attached hydrogens (tertiary/aromatic N) is 2. The molecule has 2 aliphatic rings. The minimum absolute atomic E-state index is 0.104. The van der Waals surface area contributed by atoms with Gasteiger partial charge in [0.25, 0.3) is 0 Å². The second kappa shape index (κ2) is 10.2. The van der Waals surface area contributed by atoms with E-state index in [1.54, 1.807) is 23.4 Å². The molecule has 2 fully saturated rings. The maximum atomic E-state index is 14.0. The number of benzene rings is 1. The second-order valence-electron chi connectivity index (χ2n) is 9.81. The Morgan fingerprint density at radius 3 is 2.71 bits per heavy atom. The number of H-pyrrole nitrogens is 1. The Kier molecular flexibility index (Phi) is 6.83. The molecule has 2 aromatic heterocycles. The number of fused-ring (bicyclic) bond motifs is 1. The number of hydrogen-bond acceptors (Lipinski definition) is 5. The number of nitrogens with one attached hydrogen (secondary N) is 3. The fourth-order valence-electron chi connectivity index (χ4n) is 5.37. The molecule has 0 spiro atoms. The highest BCUT2D eigenvalue weighted by molar-refractivity contribution is 6.05. The first-order valence-electron chi connectivity index (χ1n) is 12.5. The highest BCUT2D eigenvalue weighted by Crippen LogP contribution is 2.32. The smallest absolute Gasteiger partial charge is 0.248 e. The summed E-state index contributed by atoms with van der Waals surface area (Å²) in [5.41, 5.74) is 3.19. The molecule has 3 unspecified atom stereocenters. The zero-order chi connectivity index (χ0) is 24.4. The number of aromatic nitrogens is 2. The van der Waals surface area contributed by atoms with Gasteiger partial charge in [-0.1, -0.05) is 31.4 Å². The third-order valence-corrected chi connectivity index (χ3v) is 7.12. The molecule has 3 aromatic rings. The van der Waals surface area contributed by atoms with Crippen molar-refractivity contribution in [3.8, 4) is 0 Å². The number of hydrogen-bond donors (Lipinski definition) is 4. The van der Waals surface area contributed by atoms with Gasteiger partial charge in [0, 0.05) is 47.4 Å². The lowest BCUT2D eigenvalue weighted by atomic mass is 9.94. The SMILES string of the molecule is Cc1cc2ccc(N(C(=O)C3CC(O)CN3)C(C(=O)NC3CCCCC3)c3cccnc3)cc2[nH]1. The quantitative estimate of drug-likeness (QED) is 0.438. The minimum Gasteiger partial charge on any atom is -0.392 e. The molecule has 1 saturated carbocycles. The molecule has 1 aliphatic carbocycles. The second-order valence-corrected chi connectivity index (χ2v) is 9.81. The average Bonchev–Trinajstić information content (AvgIpc) is 3.47. The van der Waals surface area contributed by atoms with Gasteiger partial charge in [0.2, 0.25) is 11.8 Å². The third-order valence-electron chi connectivity index (χ3n) is 7.12. The van der Waals surface area contributed by atoms with Gasteiger partial charge in [0.15, 0.2) is 0 Å². The summed E-state index contributed by atoms with van der Waals surface area (Å²) in [6, 6.07) is 10.1. The van der Waals surface area contributed by atoms with Gasteiger partial charge in [-0.2, -0.15) is 0 Å². The van der Waals surface area contributed by atoms with Crippen LogP contribution >= 0.6 is 0 Å².